The summed E-state index contributed by atoms with van der Waals surface area (Å²) in [7, 11) is -3.71. The number of β-amino-alcohol motifs (C(OH)–C–C–N with tert-alkyl or cyclic N) is 1. The summed E-state index contributed by atoms with van der Waals surface area (Å²) in [6.07, 6.45) is 1.60. The van der Waals surface area contributed by atoms with Crippen LogP contribution in [0.2, 0.25) is 0 Å². The van der Waals surface area contributed by atoms with Crippen molar-refractivity contribution in [3.63, 3.8) is 0 Å². The topological polar surface area (TPSA) is 96.5 Å². The highest BCUT2D eigenvalue weighted by Gasteiger charge is 2.31. The molecule has 0 bridgehead atoms. The van der Waals surface area contributed by atoms with Crippen molar-refractivity contribution in [2.45, 2.75) is 36.5 Å². The molecule has 0 aromatic carbocycles. The van der Waals surface area contributed by atoms with E-state index in [0.29, 0.717) is 17.4 Å². The average Bonchev–Trinajstić information content (AvgIpc) is 2.58. The van der Waals surface area contributed by atoms with Crippen molar-refractivity contribution >= 4 is 26.5 Å². The maximum Gasteiger partial charge on any atom is 0.249 e. The van der Waals surface area contributed by atoms with Gasteiger partial charge in [-0.25, -0.2) is 18.5 Å². The van der Waals surface area contributed by atoms with Gasteiger partial charge in [0.25, 0.3) is 0 Å². The molecule has 1 aromatic heterocycles. The largest absolute Gasteiger partial charge is 0.388 e. The van der Waals surface area contributed by atoms with E-state index < -0.39 is 15.6 Å². The molecule has 2 heterocycles. The molecule has 18 heavy (non-hydrogen) atoms. The minimum absolute atomic E-state index is 0.0997. The first kappa shape index (κ1) is 13.7. The van der Waals surface area contributed by atoms with Gasteiger partial charge >= 0.3 is 0 Å². The van der Waals surface area contributed by atoms with Crippen LogP contribution < -0.4 is 10.0 Å². The maximum absolute atomic E-state index is 11.4. The molecule has 0 saturated carbocycles. The summed E-state index contributed by atoms with van der Waals surface area (Å²) in [6.45, 7) is 4.64. The van der Waals surface area contributed by atoms with Gasteiger partial charge in [0.15, 0.2) is 9.34 Å². The quantitative estimate of drug-likeness (QED) is 0.824. The lowest BCUT2D eigenvalue weighted by atomic mass is 9.96. The maximum atomic E-state index is 11.4. The summed E-state index contributed by atoms with van der Waals surface area (Å²) in [4.78, 5) is 6.15. The number of thiazole rings is 1. The first-order chi connectivity index (χ1) is 8.19. The molecule has 1 saturated heterocycles. The van der Waals surface area contributed by atoms with Crippen LogP contribution in [0.15, 0.2) is 4.21 Å². The highest BCUT2D eigenvalue weighted by molar-refractivity contribution is 7.91. The number of nitrogens with zero attached hydrogens (tertiary/aromatic N) is 2. The Balaban J connectivity index is 2.30. The van der Waals surface area contributed by atoms with E-state index in [0.717, 1.165) is 30.7 Å². The Kier molecular flexibility index (Phi) is 3.39. The van der Waals surface area contributed by atoms with E-state index in [1.165, 1.54) is 0 Å². The fourth-order valence-corrected chi connectivity index (χ4v) is 4.12. The second-order valence-electron chi connectivity index (χ2n) is 4.94. The number of rotatable bonds is 2. The molecule has 0 radical (unpaired) electrons. The summed E-state index contributed by atoms with van der Waals surface area (Å²) >= 11 is 1.06. The van der Waals surface area contributed by atoms with Crippen LogP contribution in [0.25, 0.3) is 0 Å². The van der Waals surface area contributed by atoms with E-state index in [-0.39, 0.29) is 4.21 Å². The van der Waals surface area contributed by atoms with Gasteiger partial charge in [-0.2, -0.15) is 0 Å². The smallest absolute Gasteiger partial charge is 0.249 e. The van der Waals surface area contributed by atoms with Crippen LogP contribution in [0.3, 0.4) is 0 Å². The summed E-state index contributed by atoms with van der Waals surface area (Å²) < 4.78 is 22.8. The predicted octanol–water partition coefficient (Wildman–Crippen LogP) is 0.450. The second kappa shape index (κ2) is 4.44. The van der Waals surface area contributed by atoms with Crippen LogP contribution in [0.1, 0.15) is 25.5 Å². The zero-order chi connectivity index (χ0) is 13.6. The van der Waals surface area contributed by atoms with Crippen molar-refractivity contribution in [3.8, 4) is 0 Å². The number of primary sulfonamides is 1. The van der Waals surface area contributed by atoms with Crippen LogP contribution in [0, 0.1) is 6.92 Å². The minimum atomic E-state index is -3.71. The lowest BCUT2D eigenvalue weighted by Crippen LogP contribution is -2.46. The number of aliphatic hydroxyl groups is 1. The molecular formula is C10H17N3O3S2. The van der Waals surface area contributed by atoms with Crippen LogP contribution in [0.4, 0.5) is 5.13 Å². The van der Waals surface area contributed by atoms with Gasteiger partial charge in [-0.3, -0.25) is 0 Å². The monoisotopic (exact) mass is 291 g/mol. The Labute approximate surface area is 110 Å². The van der Waals surface area contributed by atoms with E-state index in [2.05, 4.69) is 4.98 Å². The van der Waals surface area contributed by atoms with E-state index in [4.69, 9.17) is 5.14 Å². The molecule has 1 aliphatic rings. The lowest BCUT2D eigenvalue weighted by molar-refractivity contribution is 0.0449. The highest BCUT2D eigenvalue weighted by Crippen LogP contribution is 2.32. The Morgan fingerprint density at radius 1 is 1.56 bits per heavy atom. The van der Waals surface area contributed by atoms with E-state index in [1.54, 1.807) is 13.8 Å². The van der Waals surface area contributed by atoms with Gasteiger partial charge in [0, 0.05) is 13.1 Å². The predicted molar refractivity (Wildman–Crippen MR) is 70.3 cm³/mol. The number of aryl methyl sites for hydroxylation is 1. The van der Waals surface area contributed by atoms with E-state index in [9.17, 15) is 13.5 Å². The molecule has 0 aliphatic carbocycles. The van der Waals surface area contributed by atoms with Crippen LogP contribution in [-0.2, 0) is 10.0 Å². The molecular weight excluding hydrogens is 274 g/mol. The van der Waals surface area contributed by atoms with Crippen molar-refractivity contribution in [3.05, 3.63) is 5.69 Å². The van der Waals surface area contributed by atoms with Crippen molar-refractivity contribution < 1.29 is 13.5 Å². The zero-order valence-corrected chi connectivity index (χ0v) is 12.0. The fraction of sp³-hybridized carbons (Fsp3) is 0.700. The molecule has 0 spiro atoms. The third kappa shape index (κ3) is 2.82. The first-order valence-corrected chi connectivity index (χ1v) is 8.03. The third-order valence-electron chi connectivity index (χ3n) is 2.95. The molecule has 102 valence electrons. The Hall–Kier alpha value is -0.700. The number of sulfonamides is 1. The molecule has 1 fully saturated rings. The minimum Gasteiger partial charge on any atom is -0.388 e. The normalized spacial score (nSPS) is 25.4. The van der Waals surface area contributed by atoms with Crippen LogP contribution >= 0.6 is 11.3 Å². The van der Waals surface area contributed by atoms with Gasteiger partial charge < -0.3 is 10.0 Å². The SMILES string of the molecule is Cc1nc(N2CCCC(C)(O)C2)sc1S(N)(=O)=O. The third-order valence-corrected chi connectivity index (χ3v) is 5.72. The number of anilines is 1. The Morgan fingerprint density at radius 2 is 2.22 bits per heavy atom. The molecule has 3 N–H and O–H groups in total. The standard InChI is InChI=1S/C10H17N3O3S2/c1-7-8(18(11,15)16)17-9(12-7)13-5-3-4-10(2,14)6-13/h14H,3-6H2,1-2H3,(H2,11,15,16). The van der Waals surface area contributed by atoms with Crippen molar-refractivity contribution in [2.75, 3.05) is 18.0 Å². The fourth-order valence-electron chi connectivity index (χ4n) is 2.15. The number of nitrogens with two attached hydrogens (primary N) is 1. The Bertz CT molecular complexity index is 551. The Morgan fingerprint density at radius 3 is 2.72 bits per heavy atom. The van der Waals surface area contributed by atoms with Gasteiger partial charge in [0.05, 0.1) is 11.3 Å². The van der Waals surface area contributed by atoms with E-state index in [1.807, 2.05) is 4.90 Å². The molecule has 8 heteroatoms. The molecule has 2 rings (SSSR count). The molecule has 1 unspecified atom stereocenters. The average molecular weight is 291 g/mol. The molecule has 1 atom stereocenters. The van der Waals surface area contributed by atoms with Gasteiger partial charge in [-0.1, -0.05) is 11.3 Å². The zero-order valence-electron chi connectivity index (χ0n) is 10.4. The van der Waals surface area contributed by atoms with Gasteiger partial charge in [-0.15, -0.1) is 0 Å². The number of hydrogen-bond acceptors (Lipinski definition) is 6. The first-order valence-electron chi connectivity index (χ1n) is 5.67. The van der Waals surface area contributed by atoms with Crippen LogP contribution in [0.5, 0.6) is 0 Å². The molecule has 1 aromatic rings. The van der Waals surface area contributed by atoms with E-state index >= 15 is 0 Å². The summed E-state index contributed by atoms with van der Waals surface area (Å²) in [5, 5.41) is 15.8. The highest BCUT2D eigenvalue weighted by atomic mass is 32.2. The molecule has 6 nitrogen and oxygen atoms in total. The van der Waals surface area contributed by atoms with Crippen molar-refractivity contribution in [2.24, 2.45) is 5.14 Å². The second-order valence-corrected chi connectivity index (χ2v) is 7.67. The van der Waals surface area contributed by atoms with Crippen molar-refractivity contribution in [1.82, 2.24) is 4.98 Å². The van der Waals surface area contributed by atoms with Crippen molar-refractivity contribution in [1.29, 1.82) is 0 Å². The molecule has 0 amide bonds. The van der Waals surface area contributed by atoms with Gasteiger partial charge in [-0.05, 0) is 26.7 Å². The summed E-state index contributed by atoms with van der Waals surface area (Å²) in [6, 6.07) is 0. The summed E-state index contributed by atoms with van der Waals surface area (Å²) in [5.74, 6) is 0. The summed E-state index contributed by atoms with van der Waals surface area (Å²) in [5.41, 5.74) is -0.331. The number of aromatic nitrogens is 1. The number of piperidine rings is 1. The lowest BCUT2D eigenvalue weighted by Gasteiger charge is -2.36. The molecule has 1 aliphatic heterocycles. The van der Waals surface area contributed by atoms with Gasteiger partial charge in [0.1, 0.15) is 0 Å². The number of hydrogen-bond donors (Lipinski definition) is 2. The van der Waals surface area contributed by atoms with Gasteiger partial charge in [0.2, 0.25) is 10.0 Å². The van der Waals surface area contributed by atoms with Crippen LogP contribution in [-0.4, -0.2) is 37.2 Å².